The molecule has 0 spiro atoms. The van der Waals surface area contributed by atoms with Gasteiger partial charge in [-0.05, 0) is 23.7 Å². The third-order valence-electron chi connectivity index (χ3n) is 3.86. The lowest BCUT2D eigenvalue weighted by Gasteiger charge is -2.36. The van der Waals surface area contributed by atoms with Crippen LogP contribution in [0.1, 0.15) is 26.3 Å². The molecule has 0 aliphatic rings. The van der Waals surface area contributed by atoms with E-state index in [0.29, 0.717) is 19.8 Å². The smallest absolute Gasteiger partial charge is 0.192 e. The van der Waals surface area contributed by atoms with E-state index in [9.17, 15) is 5.11 Å². The molecule has 114 valence electrons. The molecule has 1 aromatic rings. The van der Waals surface area contributed by atoms with Gasteiger partial charge in [0.1, 0.15) is 0 Å². The highest BCUT2D eigenvalue weighted by Gasteiger charge is 2.37. The minimum atomic E-state index is -1.79. The van der Waals surface area contributed by atoms with Crippen LogP contribution in [-0.2, 0) is 15.8 Å². The number of ether oxygens (including phenoxy) is 1. The lowest BCUT2D eigenvalue weighted by Crippen LogP contribution is -2.43. The fourth-order valence-corrected chi connectivity index (χ4v) is 2.50. The maximum absolute atomic E-state index is 9.93. The Labute approximate surface area is 124 Å². The summed E-state index contributed by atoms with van der Waals surface area (Å²) in [5.41, 5.74) is 1.12. The Hall–Kier alpha value is -0.683. The van der Waals surface area contributed by atoms with E-state index in [1.165, 1.54) is 0 Å². The first-order chi connectivity index (χ1) is 9.22. The molecule has 0 bridgehead atoms. The van der Waals surface area contributed by atoms with E-state index in [-0.39, 0.29) is 5.04 Å². The summed E-state index contributed by atoms with van der Waals surface area (Å²) in [6, 6.07) is 9.97. The summed E-state index contributed by atoms with van der Waals surface area (Å²) in [4.78, 5) is 0. The Morgan fingerprint density at radius 2 is 1.70 bits per heavy atom. The topological polar surface area (TPSA) is 38.7 Å². The Bertz CT molecular complexity index is 384. The van der Waals surface area contributed by atoms with Gasteiger partial charge in [-0.15, -0.1) is 0 Å². The zero-order valence-electron chi connectivity index (χ0n) is 13.3. The Morgan fingerprint density at radius 3 is 2.25 bits per heavy atom. The predicted molar refractivity (Wildman–Crippen MR) is 85.3 cm³/mol. The molecule has 1 rings (SSSR count). The van der Waals surface area contributed by atoms with Crippen LogP contribution >= 0.6 is 0 Å². The molecule has 0 aliphatic heterocycles. The fraction of sp³-hybridized carbons (Fsp3) is 0.625. The summed E-state index contributed by atoms with van der Waals surface area (Å²) in [5, 5.41) is 10.1. The molecule has 0 fully saturated rings. The van der Waals surface area contributed by atoms with E-state index < -0.39 is 14.4 Å². The number of benzene rings is 1. The first kappa shape index (κ1) is 17.4. The largest absolute Gasteiger partial charge is 0.414 e. The summed E-state index contributed by atoms with van der Waals surface area (Å²) >= 11 is 0. The molecular formula is C16H28O3Si. The standard InChI is InChI=1S/C16H28O3Si/c1-16(2,3)20(4,5)19-13-15(17)12-18-11-14-9-7-6-8-10-14/h6-10,15,17H,11-13H2,1-5H3/t15-/m1/s1. The lowest BCUT2D eigenvalue weighted by molar-refractivity contribution is 0.00276. The highest BCUT2D eigenvalue weighted by atomic mass is 28.4. The van der Waals surface area contributed by atoms with Gasteiger partial charge in [0, 0.05) is 0 Å². The minimum Gasteiger partial charge on any atom is -0.414 e. The SMILES string of the molecule is CC(C)(C)[Si](C)(C)OC[C@H](O)COCc1ccccc1. The number of hydrogen-bond acceptors (Lipinski definition) is 3. The number of rotatable bonds is 7. The van der Waals surface area contributed by atoms with Crippen LogP contribution < -0.4 is 0 Å². The number of aliphatic hydroxyl groups excluding tert-OH is 1. The average Bonchev–Trinajstić information content (AvgIpc) is 2.36. The van der Waals surface area contributed by atoms with E-state index in [4.69, 9.17) is 9.16 Å². The Balaban J connectivity index is 2.26. The van der Waals surface area contributed by atoms with Crippen LogP contribution in [0.2, 0.25) is 18.1 Å². The zero-order valence-corrected chi connectivity index (χ0v) is 14.3. The van der Waals surface area contributed by atoms with Crippen molar-refractivity contribution in [2.75, 3.05) is 13.2 Å². The van der Waals surface area contributed by atoms with Crippen LogP contribution in [0.25, 0.3) is 0 Å². The second-order valence-corrected chi connectivity index (χ2v) is 11.5. The van der Waals surface area contributed by atoms with Gasteiger partial charge < -0.3 is 14.3 Å². The van der Waals surface area contributed by atoms with Gasteiger partial charge in [0.05, 0.1) is 25.9 Å². The predicted octanol–water partition coefficient (Wildman–Crippen LogP) is 3.59. The molecule has 1 aromatic carbocycles. The molecule has 0 radical (unpaired) electrons. The van der Waals surface area contributed by atoms with Crippen molar-refractivity contribution in [3.05, 3.63) is 35.9 Å². The summed E-state index contributed by atoms with van der Waals surface area (Å²) in [6.07, 6.45) is -0.562. The van der Waals surface area contributed by atoms with Gasteiger partial charge in [-0.25, -0.2) is 0 Å². The van der Waals surface area contributed by atoms with Crippen LogP contribution in [0.3, 0.4) is 0 Å². The van der Waals surface area contributed by atoms with Gasteiger partial charge in [0.25, 0.3) is 0 Å². The molecule has 0 aromatic heterocycles. The fourth-order valence-electron chi connectivity index (χ4n) is 1.46. The van der Waals surface area contributed by atoms with Crippen molar-refractivity contribution in [3.63, 3.8) is 0 Å². The van der Waals surface area contributed by atoms with Crippen molar-refractivity contribution in [1.82, 2.24) is 0 Å². The summed E-state index contributed by atoms with van der Waals surface area (Å²) in [5.74, 6) is 0. The number of hydrogen-bond donors (Lipinski definition) is 1. The van der Waals surface area contributed by atoms with Gasteiger partial charge in [0.2, 0.25) is 0 Å². The van der Waals surface area contributed by atoms with E-state index >= 15 is 0 Å². The van der Waals surface area contributed by atoms with Crippen LogP contribution in [0, 0.1) is 0 Å². The molecule has 0 unspecified atom stereocenters. The van der Waals surface area contributed by atoms with Gasteiger partial charge in [0.15, 0.2) is 8.32 Å². The maximum Gasteiger partial charge on any atom is 0.192 e. The third kappa shape index (κ3) is 5.75. The summed E-state index contributed by atoms with van der Waals surface area (Å²) < 4.78 is 11.5. The quantitative estimate of drug-likeness (QED) is 0.782. The second kappa shape index (κ2) is 7.36. The van der Waals surface area contributed by atoms with Gasteiger partial charge >= 0.3 is 0 Å². The zero-order chi connectivity index (χ0) is 15.2. The molecular weight excluding hydrogens is 268 g/mol. The molecule has 0 saturated heterocycles. The monoisotopic (exact) mass is 296 g/mol. The normalized spacial score (nSPS) is 14.3. The highest BCUT2D eigenvalue weighted by Crippen LogP contribution is 2.36. The van der Waals surface area contributed by atoms with Crippen LogP contribution in [0.15, 0.2) is 30.3 Å². The Morgan fingerprint density at radius 1 is 1.10 bits per heavy atom. The van der Waals surface area contributed by atoms with Gasteiger partial charge in [-0.3, -0.25) is 0 Å². The molecule has 3 nitrogen and oxygen atoms in total. The maximum atomic E-state index is 9.93. The molecule has 0 amide bonds. The average molecular weight is 296 g/mol. The van der Waals surface area contributed by atoms with E-state index in [1.54, 1.807) is 0 Å². The first-order valence-electron chi connectivity index (χ1n) is 7.16. The minimum absolute atomic E-state index is 0.164. The lowest BCUT2D eigenvalue weighted by atomic mass is 10.2. The van der Waals surface area contributed by atoms with Crippen molar-refractivity contribution in [1.29, 1.82) is 0 Å². The van der Waals surface area contributed by atoms with Crippen LogP contribution in [-0.4, -0.2) is 32.7 Å². The molecule has 0 saturated carbocycles. The Kier molecular flexibility index (Phi) is 6.39. The number of aliphatic hydroxyl groups is 1. The van der Waals surface area contributed by atoms with Crippen molar-refractivity contribution in [3.8, 4) is 0 Å². The van der Waals surface area contributed by atoms with E-state index in [1.807, 2.05) is 30.3 Å². The van der Waals surface area contributed by atoms with Gasteiger partial charge in [-0.1, -0.05) is 51.1 Å². The first-order valence-corrected chi connectivity index (χ1v) is 10.1. The molecule has 0 heterocycles. The summed E-state index contributed by atoms with van der Waals surface area (Å²) in [7, 11) is -1.79. The van der Waals surface area contributed by atoms with Crippen molar-refractivity contribution in [2.24, 2.45) is 0 Å². The molecule has 1 atom stereocenters. The van der Waals surface area contributed by atoms with Crippen LogP contribution in [0.4, 0.5) is 0 Å². The van der Waals surface area contributed by atoms with Crippen LogP contribution in [0.5, 0.6) is 0 Å². The molecule has 20 heavy (non-hydrogen) atoms. The third-order valence-corrected chi connectivity index (χ3v) is 8.37. The molecule has 0 aliphatic carbocycles. The molecule has 1 N–H and O–H groups in total. The van der Waals surface area contributed by atoms with E-state index in [2.05, 4.69) is 33.9 Å². The van der Waals surface area contributed by atoms with Crippen molar-refractivity contribution < 1.29 is 14.3 Å². The van der Waals surface area contributed by atoms with E-state index in [0.717, 1.165) is 5.56 Å². The van der Waals surface area contributed by atoms with Crippen molar-refractivity contribution >= 4 is 8.32 Å². The van der Waals surface area contributed by atoms with Gasteiger partial charge in [-0.2, -0.15) is 0 Å². The summed E-state index contributed by atoms with van der Waals surface area (Å²) in [6.45, 7) is 12.1. The highest BCUT2D eigenvalue weighted by molar-refractivity contribution is 6.74. The van der Waals surface area contributed by atoms with Crippen molar-refractivity contribution in [2.45, 2.75) is 51.6 Å². The second-order valence-electron chi connectivity index (χ2n) is 6.73. The molecule has 4 heteroatoms.